The predicted molar refractivity (Wildman–Crippen MR) is 97.2 cm³/mol. The highest BCUT2D eigenvalue weighted by Gasteiger charge is 2.26. The highest BCUT2D eigenvalue weighted by atomic mass is 16.9. The minimum Gasteiger partial charge on any atom is -0.412 e. The molecule has 2 aromatic rings. The molecular formula is C12H22N10O8. The maximum absolute atomic E-state index is 8.25. The molecule has 0 spiro atoms. The van der Waals surface area contributed by atoms with Gasteiger partial charge in [-0.05, 0) is 0 Å². The Bertz CT molecular complexity index is 827. The zero-order valence-corrected chi connectivity index (χ0v) is 16.0. The van der Waals surface area contributed by atoms with E-state index in [0.29, 0.717) is 0 Å². The second-order valence-electron chi connectivity index (χ2n) is 5.79. The monoisotopic (exact) mass is 434 g/mol. The molecule has 4 heterocycles. The van der Waals surface area contributed by atoms with Gasteiger partial charge in [-0.15, -0.1) is 10.2 Å². The molecule has 2 aliphatic rings. The fraction of sp³-hybridized carbons (Fsp3) is 0.500. The number of fused-ring (bicyclic) bond motifs is 2. The lowest BCUT2D eigenvalue weighted by molar-refractivity contribution is -0.677. The van der Waals surface area contributed by atoms with E-state index in [0.717, 1.165) is 37.8 Å². The maximum atomic E-state index is 8.25. The summed E-state index contributed by atoms with van der Waals surface area (Å²) >= 11 is 0. The van der Waals surface area contributed by atoms with Crippen LogP contribution in [0.25, 0.3) is 0 Å². The van der Waals surface area contributed by atoms with Crippen molar-refractivity contribution in [2.45, 2.75) is 26.2 Å². The van der Waals surface area contributed by atoms with Gasteiger partial charge >= 0.3 is 0 Å². The summed E-state index contributed by atoms with van der Waals surface area (Å²) in [5.74, 6) is 1.47. The van der Waals surface area contributed by atoms with Crippen molar-refractivity contribution in [2.24, 2.45) is 24.3 Å². The van der Waals surface area contributed by atoms with Crippen molar-refractivity contribution in [3.8, 4) is 0 Å². The first-order chi connectivity index (χ1) is 13.2. The van der Waals surface area contributed by atoms with Crippen molar-refractivity contribution in [3.05, 3.63) is 53.2 Å². The fourth-order valence-corrected chi connectivity index (χ4v) is 3.07. The summed E-state index contributed by atoms with van der Waals surface area (Å²) in [6.07, 6.45) is 0. The Morgan fingerprint density at radius 1 is 0.767 bits per heavy atom. The minimum absolute atomic E-state index is 0. The third kappa shape index (κ3) is 6.41. The molecule has 0 unspecified atom stereocenters. The average Bonchev–Trinajstić information content (AvgIpc) is 3.31. The van der Waals surface area contributed by atoms with Crippen molar-refractivity contribution < 1.29 is 31.8 Å². The van der Waals surface area contributed by atoms with E-state index >= 15 is 0 Å². The summed E-state index contributed by atoms with van der Waals surface area (Å²) in [6.45, 7) is 3.82. The number of hydrogen-bond donors (Lipinski definition) is 2. The van der Waals surface area contributed by atoms with Gasteiger partial charge in [0.1, 0.15) is 37.6 Å². The Hall–Kier alpha value is -3.74. The lowest BCUT2D eigenvalue weighted by Gasteiger charge is -1.92. The Morgan fingerprint density at radius 3 is 1.37 bits per heavy atom. The number of hydrogen-bond acceptors (Lipinski definition) is 10. The number of quaternary nitrogens is 2. The van der Waals surface area contributed by atoms with Crippen molar-refractivity contribution in [2.75, 3.05) is 0 Å². The molecule has 0 bridgehead atoms. The third-order valence-corrected chi connectivity index (χ3v) is 4.12. The second-order valence-corrected chi connectivity index (χ2v) is 5.79. The summed E-state index contributed by atoms with van der Waals surface area (Å²) < 4.78 is 3.81. The van der Waals surface area contributed by atoms with Gasteiger partial charge in [0.15, 0.2) is 0 Å². The maximum Gasteiger partial charge on any atom is 0.205 e. The van der Waals surface area contributed by atoms with E-state index < -0.39 is 10.2 Å². The van der Waals surface area contributed by atoms with Gasteiger partial charge in [0, 0.05) is 14.1 Å². The normalized spacial score (nSPS) is 13.0. The smallest absolute Gasteiger partial charge is 0.205 e. The molecule has 8 N–H and O–H groups in total. The molecule has 4 rings (SSSR count). The van der Waals surface area contributed by atoms with Crippen molar-refractivity contribution in [1.29, 1.82) is 0 Å². The average molecular weight is 434 g/mol. The second kappa shape index (κ2) is 11.3. The van der Waals surface area contributed by atoms with Crippen LogP contribution in [0, 0.1) is 30.6 Å². The summed E-state index contributed by atoms with van der Waals surface area (Å²) in [7, 11) is 3.93. The first-order valence-corrected chi connectivity index (χ1v) is 7.98. The van der Waals surface area contributed by atoms with Gasteiger partial charge in [-0.3, -0.25) is 9.36 Å². The number of nitrogens with zero attached hydrogens (tertiary/aromatic N) is 8. The molecule has 168 valence electrons. The summed E-state index contributed by atoms with van der Waals surface area (Å²) in [4.78, 5) is 16.5. The zero-order valence-electron chi connectivity index (χ0n) is 16.0. The van der Waals surface area contributed by atoms with Gasteiger partial charge in [0.25, 0.3) is 0 Å². The Labute approximate surface area is 167 Å². The SMILES string of the molecule is Cn1nc(N=Nc2nn(C)c3c2C[NH2+]C3)c2c1C[NH2+]C2.O.O.O=[N+]([O-])[O-].O=[N+]([O-])[O-]. The molecule has 2 aromatic heterocycles. The lowest BCUT2D eigenvalue weighted by Crippen LogP contribution is -2.77. The van der Waals surface area contributed by atoms with Crippen molar-refractivity contribution in [1.82, 2.24) is 19.6 Å². The molecule has 2 aliphatic heterocycles. The molecule has 0 atom stereocenters. The Morgan fingerprint density at radius 2 is 1.07 bits per heavy atom. The minimum atomic E-state index is -1.75. The van der Waals surface area contributed by atoms with E-state index in [1.807, 2.05) is 23.5 Å². The Kier molecular flexibility index (Phi) is 9.90. The highest BCUT2D eigenvalue weighted by Crippen LogP contribution is 2.27. The molecule has 30 heavy (non-hydrogen) atoms. The van der Waals surface area contributed by atoms with Gasteiger partial charge in [-0.25, -0.2) is 0 Å². The van der Waals surface area contributed by atoms with Gasteiger partial charge < -0.3 is 52.2 Å². The molecular weight excluding hydrogens is 412 g/mol. The van der Waals surface area contributed by atoms with E-state index in [2.05, 4.69) is 31.1 Å². The number of aryl methyl sites for hydroxylation is 2. The van der Waals surface area contributed by atoms with E-state index in [-0.39, 0.29) is 11.0 Å². The summed E-state index contributed by atoms with van der Waals surface area (Å²) in [6, 6.07) is 0. The van der Waals surface area contributed by atoms with Crippen LogP contribution in [0.5, 0.6) is 0 Å². The molecule has 0 fully saturated rings. The number of nitrogens with two attached hydrogens (primary N) is 2. The van der Waals surface area contributed by atoms with Crippen LogP contribution in [-0.2, 0) is 40.3 Å². The number of rotatable bonds is 2. The standard InChI is InChI=1S/C12H16N8.2NO3.2H2O/c1-19-9-5-13-3-7(9)11(17-19)15-16-12-8-4-14-6-10(8)20(2)18-12;2*2-1(3)4;;/h13-14H,3-6H2,1-2H3;;;2*1H2/q;2*-1;;/p+2. The van der Waals surface area contributed by atoms with E-state index in [1.54, 1.807) is 0 Å². The Balaban J connectivity index is 0.000000734. The van der Waals surface area contributed by atoms with Crippen LogP contribution in [0.15, 0.2) is 10.2 Å². The van der Waals surface area contributed by atoms with Crippen LogP contribution in [0.1, 0.15) is 22.5 Å². The molecule has 0 amide bonds. The third-order valence-electron chi connectivity index (χ3n) is 4.12. The first kappa shape index (κ1) is 26.3. The van der Waals surface area contributed by atoms with Crippen LogP contribution in [-0.4, -0.2) is 40.7 Å². The van der Waals surface area contributed by atoms with Gasteiger partial charge in [-0.2, -0.15) is 10.2 Å². The largest absolute Gasteiger partial charge is 0.412 e. The van der Waals surface area contributed by atoms with Crippen LogP contribution in [0.4, 0.5) is 11.6 Å². The van der Waals surface area contributed by atoms with Gasteiger partial charge in [0.05, 0.1) is 21.3 Å². The first-order valence-electron chi connectivity index (χ1n) is 7.98. The van der Waals surface area contributed by atoms with Crippen LogP contribution >= 0.6 is 0 Å². The van der Waals surface area contributed by atoms with Crippen LogP contribution in [0.3, 0.4) is 0 Å². The summed E-state index contributed by atoms with van der Waals surface area (Å²) in [5, 5.41) is 51.6. The molecule has 0 saturated carbocycles. The topological polar surface area (TPSA) is 289 Å². The molecule has 0 aromatic carbocycles. The molecule has 18 nitrogen and oxygen atoms in total. The van der Waals surface area contributed by atoms with Gasteiger partial charge in [-0.1, -0.05) is 0 Å². The number of azo groups is 1. The summed E-state index contributed by atoms with van der Waals surface area (Å²) in [5.41, 5.74) is 4.91. The van der Waals surface area contributed by atoms with E-state index in [1.165, 1.54) is 22.5 Å². The lowest BCUT2D eigenvalue weighted by atomic mass is 10.3. The predicted octanol–water partition coefficient (Wildman–Crippen LogP) is -3.40. The zero-order chi connectivity index (χ0) is 20.8. The molecule has 0 saturated heterocycles. The molecule has 18 heteroatoms. The van der Waals surface area contributed by atoms with Crippen LogP contribution in [0.2, 0.25) is 0 Å². The fourth-order valence-electron chi connectivity index (χ4n) is 3.07. The van der Waals surface area contributed by atoms with E-state index in [4.69, 9.17) is 30.6 Å². The van der Waals surface area contributed by atoms with Gasteiger partial charge in [0.2, 0.25) is 11.6 Å². The quantitative estimate of drug-likeness (QED) is 0.272. The van der Waals surface area contributed by atoms with Crippen molar-refractivity contribution in [3.63, 3.8) is 0 Å². The highest BCUT2D eigenvalue weighted by molar-refractivity contribution is 5.45. The molecule has 0 aliphatic carbocycles. The van der Waals surface area contributed by atoms with Crippen LogP contribution < -0.4 is 10.6 Å². The van der Waals surface area contributed by atoms with E-state index in [9.17, 15) is 0 Å². The molecule has 0 radical (unpaired) electrons. The van der Waals surface area contributed by atoms with Crippen molar-refractivity contribution >= 4 is 11.6 Å². The number of aromatic nitrogens is 4.